The smallest absolute Gasteiger partial charge is 0.128 e. The maximum absolute atomic E-state index is 14.0. The lowest BCUT2D eigenvalue weighted by Crippen LogP contribution is -2.23. The first-order valence-corrected chi connectivity index (χ1v) is 6.38. The number of rotatable bonds is 5. The molecule has 0 aliphatic heterocycles. The Labute approximate surface area is 113 Å². The van der Waals surface area contributed by atoms with Gasteiger partial charge in [0.05, 0.1) is 13.2 Å². The molecule has 0 aromatic heterocycles. The summed E-state index contributed by atoms with van der Waals surface area (Å²) in [4.78, 5) is 0. The Morgan fingerprint density at radius 2 is 1.68 bits per heavy atom. The SMILES string of the molecule is CCNC(c1ccccc1F)c1ccccc1OC. The van der Waals surface area contributed by atoms with Crippen LogP contribution in [0.3, 0.4) is 0 Å². The number of halogens is 1. The van der Waals surface area contributed by atoms with Gasteiger partial charge in [-0.2, -0.15) is 0 Å². The van der Waals surface area contributed by atoms with Crippen LogP contribution < -0.4 is 10.1 Å². The lowest BCUT2D eigenvalue weighted by Gasteiger charge is -2.21. The predicted molar refractivity (Wildman–Crippen MR) is 74.9 cm³/mol. The number of methoxy groups -OCH3 is 1. The van der Waals surface area contributed by atoms with Crippen molar-refractivity contribution in [2.75, 3.05) is 13.7 Å². The number of ether oxygens (including phenoxy) is 1. The van der Waals surface area contributed by atoms with Crippen LogP contribution in [-0.2, 0) is 0 Å². The summed E-state index contributed by atoms with van der Waals surface area (Å²) in [5, 5.41) is 3.31. The van der Waals surface area contributed by atoms with E-state index in [-0.39, 0.29) is 11.9 Å². The summed E-state index contributed by atoms with van der Waals surface area (Å²) < 4.78 is 19.4. The summed E-state index contributed by atoms with van der Waals surface area (Å²) in [5.41, 5.74) is 1.57. The summed E-state index contributed by atoms with van der Waals surface area (Å²) in [6.07, 6.45) is 0. The third kappa shape index (κ3) is 2.93. The minimum absolute atomic E-state index is 0.206. The van der Waals surface area contributed by atoms with E-state index in [0.717, 1.165) is 17.9 Å². The van der Waals surface area contributed by atoms with E-state index < -0.39 is 0 Å². The van der Waals surface area contributed by atoms with Gasteiger partial charge in [-0.15, -0.1) is 0 Å². The van der Waals surface area contributed by atoms with Crippen LogP contribution in [0.1, 0.15) is 24.1 Å². The van der Waals surface area contributed by atoms with E-state index in [0.29, 0.717) is 5.56 Å². The zero-order valence-electron chi connectivity index (χ0n) is 11.2. The second kappa shape index (κ2) is 6.34. The molecular formula is C16H18FNO. The molecule has 1 atom stereocenters. The normalized spacial score (nSPS) is 12.2. The Balaban J connectivity index is 2.49. The molecule has 0 bridgehead atoms. The van der Waals surface area contributed by atoms with Crippen LogP contribution in [0.5, 0.6) is 5.75 Å². The zero-order valence-corrected chi connectivity index (χ0v) is 11.2. The van der Waals surface area contributed by atoms with Crippen molar-refractivity contribution in [3.63, 3.8) is 0 Å². The molecule has 2 nitrogen and oxygen atoms in total. The molecule has 0 saturated heterocycles. The minimum atomic E-state index is -0.209. The van der Waals surface area contributed by atoms with Gasteiger partial charge in [0.2, 0.25) is 0 Å². The van der Waals surface area contributed by atoms with Crippen LogP contribution in [-0.4, -0.2) is 13.7 Å². The van der Waals surface area contributed by atoms with Crippen LogP contribution in [0.4, 0.5) is 4.39 Å². The fraction of sp³-hybridized carbons (Fsp3) is 0.250. The molecule has 100 valence electrons. The molecule has 3 heteroatoms. The molecule has 0 aliphatic carbocycles. The Morgan fingerprint density at radius 1 is 1.05 bits per heavy atom. The van der Waals surface area contributed by atoms with Gasteiger partial charge in [-0.25, -0.2) is 4.39 Å². The van der Waals surface area contributed by atoms with Gasteiger partial charge < -0.3 is 10.1 Å². The van der Waals surface area contributed by atoms with Crippen molar-refractivity contribution in [2.24, 2.45) is 0 Å². The Morgan fingerprint density at radius 3 is 2.32 bits per heavy atom. The van der Waals surface area contributed by atoms with Crippen molar-refractivity contribution < 1.29 is 9.13 Å². The van der Waals surface area contributed by atoms with Gasteiger partial charge in [-0.05, 0) is 18.7 Å². The number of benzene rings is 2. The molecule has 0 heterocycles. The molecule has 0 amide bonds. The van der Waals surface area contributed by atoms with Crippen molar-refractivity contribution in [2.45, 2.75) is 13.0 Å². The molecule has 19 heavy (non-hydrogen) atoms. The van der Waals surface area contributed by atoms with Gasteiger partial charge in [0.25, 0.3) is 0 Å². The first kappa shape index (κ1) is 13.6. The minimum Gasteiger partial charge on any atom is -0.496 e. The van der Waals surface area contributed by atoms with Crippen molar-refractivity contribution in [3.8, 4) is 5.75 Å². The number of hydrogen-bond acceptors (Lipinski definition) is 2. The van der Waals surface area contributed by atoms with E-state index in [1.165, 1.54) is 6.07 Å². The Bertz CT molecular complexity index is 542. The van der Waals surface area contributed by atoms with Gasteiger partial charge in [0, 0.05) is 11.1 Å². The van der Waals surface area contributed by atoms with Crippen LogP contribution in [0.25, 0.3) is 0 Å². The van der Waals surface area contributed by atoms with E-state index in [2.05, 4.69) is 5.32 Å². The van der Waals surface area contributed by atoms with E-state index in [1.807, 2.05) is 37.3 Å². The zero-order chi connectivity index (χ0) is 13.7. The average Bonchev–Trinajstić information content (AvgIpc) is 2.46. The average molecular weight is 259 g/mol. The largest absolute Gasteiger partial charge is 0.496 e. The third-order valence-electron chi connectivity index (χ3n) is 3.07. The van der Waals surface area contributed by atoms with Crippen LogP contribution in [0, 0.1) is 5.82 Å². The fourth-order valence-electron chi connectivity index (χ4n) is 2.21. The highest BCUT2D eigenvalue weighted by Crippen LogP contribution is 2.30. The highest BCUT2D eigenvalue weighted by atomic mass is 19.1. The van der Waals surface area contributed by atoms with E-state index in [9.17, 15) is 4.39 Å². The second-order valence-electron chi connectivity index (χ2n) is 4.25. The van der Waals surface area contributed by atoms with Gasteiger partial charge in [0.1, 0.15) is 11.6 Å². The molecule has 2 aromatic carbocycles. The predicted octanol–water partition coefficient (Wildman–Crippen LogP) is 3.53. The molecule has 0 fully saturated rings. The van der Waals surface area contributed by atoms with E-state index in [1.54, 1.807) is 19.2 Å². The first-order chi connectivity index (χ1) is 9.27. The highest BCUT2D eigenvalue weighted by Gasteiger charge is 2.19. The van der Waals surface area contributed by atoms with E-state index >= 15 is 0 Å². The lowest BCUT2D eigenvalue weighted by molar-refractivity contribution is 0.403. The molecule has 2 rings (SSSR count). The highest BCUT2D eigenvalue weighted by molar-refractivity contribution is 5.41. The summed E-state index contributed by atoms with van der Waals surface area (Å²) in [6, 6.07) is 14.3. The van der Waals surface area contributed by atoms with Crippen LogP contribution in [0.15, 0.2) is 48.5 Å². The number of para-hydroxylation sites is 1. The molecule has 2 aromatic rings. The number of hydrogen-bond donors (Lipinski definition) is 1. The maximum atomic E-state index is 14.0. The summed E-state index contributed by atoms with van der Waals surface area (Å²) in [6.45, 7) is 2.75. The summed E-state index contributed by atoms with van der Waals surface area (Å²) >= 11 is 0. The molecule has 1 N–H and O–H groups in total. The standard InChI is InChI=1S/C16H18FNO/c1-3-18-16(12-8-4-6-10-14(12)17)13-9-5-7-11-15(13)19-2/h4-11,16,18H,3H2,1-2H3. The lowest BCUT2D eigenvalue weighted by atomic mass is 9.97. The summed E-state index contributed by atoms with van der Waals surface area (Å²) in [5.74, 6) is 0.552. The van der Waals surface area contributed by atoms with Crippen LogP contribution in [0.2, 0.25) is 0 Å². The van der Waals surface area contributed by atoms with Gasteiger partial charge in [-0.3, -0.25) is 0 Å². The van der Waals surface area contributed by atoms with Gasteiger partial charge in [0.15, 0.2) is 0 Å². The summed E-state index contributed by atoms with van der Waals surface area (Å²) in [7, 11) is 1.63. The number of nitrogens with one attached hydrogen (secondary N) is 1. The first-order valence-electron chi connectivity index (χ1n) is 6.38. The maximum Gasteiger partial charge on any atom is 0.128 e. The fourth-order valence-corrected chi connectivity index (χ4v) is 2.21. The van der Waals surface area contributed by atoms with Crippen molar-refractivity contribution in [1.82, 2.24) is 5.32 Å². The van der Waals surface area contributed by atoms with Gasteiger partial charge >= 0.3 is 0 Å². The molecule has 0 radical (unpaired) electrons. The van der Waals surface area contributed by atoms with Crippen molar-refractivity contribution >= 4 is 0 Å². The molecule has 0 aliphatic rings. The Kier molecular flexibility index (Phi) is 4.53. The molecule has 0 saturated carbocycles. The second-order valence-corrected chi connectivity index (χ2v) is 4.25. The third-order valence-corrected chi connectivity index (χ3v) is 3.07. The molecule has 0 spiro atoms. The molecular weight excluding hydrogens is 241 g/mol. The van der Waals surface area contributed by atoms with Crippen molar-refractivity contribution in [1.29, 1.82) is 0 Å². The topological polar surface area (TPSA) is 21.3 Å². The Hall–Kier alpha value is -1.87. The van der Waals surface area contributed by atoms with Crippen LogP contribution >= 0.6 is 0 Å². The van der Waals surface area contributed by atoms with Gasteiger partial charge in [-0.1, -0.05) is 43.3 Å². The monoisotopic (exact) mass is 259 g/mol. The quantitative estimate of drug-likeness (QED) is 0.887. The molecule has 1 unspecified atom stereocenters. The van der Waals surface area contributed by atoms with E-state index in [4.69, 9.17) is 4.74 Å². The van der Waals surface area contributed by atoms with Crippen molar-refractivity contribution in [3.05, 3.63) is 65.5 Å².